The minimum atomic E-state index is -4.00. The predicted octanol–water partition coefficient (Wildman–Crippen LogP) is -2.23. The maximum Gasteiger partial charge on any atom is 0.322 e. The first-order valence-corrected chi connectivity index (χ1v) is 7.57. The summed E-state index contributed by atoms with van der Waals surface area (Å²) < 4.78 is 25.5. The molecule has 1 aliphatic heterocycles. The summed E-state index contributed by atoms with van der Waals surface area (Å²) in [5, 5.41) is 14.8. The van der Waals surface area contributed by atoms with Crippen LogP contribution in [-0.4, -0.2) is 32.9 Å². The van der Waals surface area contributed by atoms with Crippen LogP contribution in [-0.2, 0) is 25.2 Å². The first-order valence-electron chi connectivity index (χ1n) is 6.09. The average molecular weight is 326 g/mol. The Balaban J connectivity index is 2.26. The van der Waals surface area contributed by atoms with E-state index in [-0.39, 0.29) is 4.90 Å². The van der Waals surface area contributed by atoms with Gasteiger partial charge in [-0.1, -0.05) is 12.1 Å². The van der Waals surface area contributed by atoms with E-state index in [2.05, 4.69) is 10.6 Å². The topological polar surface area (TPSA) is 144 Å². The van der Waals surface area contributed by atoms with Crippen LogP contribution in [0.25, 0.3) is 0 Å². The summed E-state index contributed by atoms with van der Waals surface area (Å²) in [5.74, 6) is -2.11. The number of sulfonamides is 1. The van der Waals surface area contributed by atoms with Gasteiger partial charge in [0.05, 0.1) is 17.4 Å². The van der Waals surface area contributed by atoms with Gasteiger partial charge >= 0.3 is 6.03 Å². The Labute approximate surface area is 125 Å². The summed E-state index contributed by atoms with van der Waals surface area (Å²) in [5.41, 5.74) is -0.910. The molecule has 0 radical (unpaired) electrons. The molecule has 0 aromatic heterocycles. The number of carbonyl (C=O) groups is 3. The molecule has 0 saturated carbocycles. The molecule has 0 aliphatic carbocycles. The van der Waals surface area contributed by atoms with Crippen molar-refractivity contribution >= 4 is 27.9 Å². The van der Waals surface area contributed by atoms with E-state index in [4.69, 9.17) is 0 Å². The van der Waals surface area contributed by atoms with Crippen LogP contribution in [0.15, 0.2) is 29.2 Å². The van der Waals surface area contributed by atoms with Crippen LogP contribution < -0.4 is 20.5 Å². The molecule has 1 saturated heterocycles. The number of imide groups is 1. The van der Waals surface area contributed by atoms with E-state index in [0.29, 0.717) is 5.56 Å². The van der Waals surface area contributed by atoms with Gasteiger partial charge in [-0.25, -0.2) is 17.9 Å². The molecule has 22 heavy (non-hydrogen) atoms. The summed E-state index contributed by atoms with van der Waals surface area (Å²) >= 11 is 0. The zero-order valence-electron chi connectivity index (χ0n) is 11.4. The van der Waals surface area contributed by atoms with Crippen LogP contribution in [0.3, 0.4) is 0 Å². The first kappa shape index (κ1) is 15.9. The first-order chi connectivity index (χ1) is 10.1. The number of benzene rings is 1. The Morgan fingerprint density at radius 2 is 1.86 bits per heavy atom. The number of carboxylic acid groups (broad SMARTS) is 1. The third-order valence-corrected chi connectivity index (χ3v) is 4.61. The second-order valence-electron chi connectivity index (χ2n) is 4.75. The quantitative estimate of drug-likeness (QED) is 0.522. The van der Waals surface area contributed by atoms with Gasteiger partial charge in [-0.05, 0) is 24.6 Å². The Hall–Kier alpha value is -2.46. The molecule has 1 heterocycles. The minimum Gasteiger partial charge on any atom is -0.549 e. The lowest BCUT2D eigenvalue weighted by molar-refractivity contribution is -0.303. The van der Waals surface area contributed by atoms with Crippen molar-refractivity contribution in [3.63, 3.8) is 0 Å². The molecule has 1 aromatic rings. The molecular weight excluding hydrogens is 314 g/mol. The number of amides is 3. The van der Waals surface area contributed by atoms with Crippen LogP contribution >= 0.6 is 0 Å². The Kier molecular flexibility index (Phi) is 3.90. The highest BCUT2D eigenvalue weighted by atomic mass is 32.2. The number of hydrogen-bond acceptors (Lipinski definition) is 6. The molecule has 3 N–H and O–H groups in total. The molecule has 3 amide bonds. The molecule has 0 unspecified atom stereocenters. The van der Waals surface area contributed by atoms with E-state index in [9.17, 15) is 27.9 Å². The third kappa shape index (κ3) is 2.92. The number of carbonyl (C=O) groups excluding carboxylic acids is 3. The van der Waals surface area contributed by atoms with Crippen LogP contribution in [0.2, 0.25) is 0 Å². The lowest BCUT2D eigenvalue weighted by atomic mass is 9.92. The fraction of sp³-hybridized carbons (Fsp3) is 0.250. The average Bonchev–Trinajstić information content (AvgIpc) is 2.71. The van der Waals surface area contributed by atoms with Gasteiger partial charge in [0.25, 0.3) is 5.91 Å². The molecule has 118 valence electrons. The molecule has 1 fully saturated rings. The summed E-state index contributed by atoms with van der Waals surface area (Å²) in [4.78, 5) is 33.1. The lowest BCUT2D eigenvalue weighted by Gasteiger charge is -2.21. The standard InChI is InChI=1S/C12H13N3O6S/c1-12(10(18)14-11(19)15-12)7-2-4-8(5-3-7)22(20,21)13-6-9(16)17/h2-5,13H,6H2,1H3,(H,16,17)(H2,14,15,18,19)/p-1/t12-/m0/s1. The van der Waals surface area contributed by atoms with E-state index >= 15 is 0 Å². The van der Waals surface area contributed by atoms with E-state index in [1.54, 1.807) is 0 Å². The molecule has 0 spiro atoms. The number of hydrogen-bond donors (Lipinski definition) is 3. The predicted molar refractivity (Wildman–Crippen MR) is 70.7 cm³/mol. The van der Waals surface area contributed by atoms with Gasteiger partial charge in [-0.15, -0.1) is 0 Å². The number of rotatable bonds is 5. The maximum absolute atomic E-state index is 11.8. The molecule has 10 heteroatoms. The Morgan fingerprint density at radius 3 is 2.32 bits per heavy atom. The molecule has 2 rings (SSSR count). The number of aliphatic carboxylic acids is 1. The molecule has 1 aromatic carbocycles. The van der Waals surface area contributed by atoms with Crippen molar-refractivity contribution in [1.82, 2.24) is 15.4 Å². The van der Waals surface area contributed by atoms with Crippen LogP contribution in [0.1, 0.15) is 12.5 Å². The summed E-state index contributed by atoms with van der Waals surface area (Å²) in [6.07, 6.45) is 0. The van der Waals surface area contributed by atoms with Gasteiger partial charge in [-0.2, -0.15) is 0 Å². The van der Waals surface area contributed by atoms with Crippen molar-refractivity contribution in [3.05, 3.63) is 29.8 Å². The second-order valence-corrected chi connectivity index (χ2v) is 6.52. The van der Waals surface area contributed by atoms with E-state index < -0.39 is 40.0 Å². The zero-order valence-corrected chi connectivity index (χ0v) is 12.2. The van der Waals surface area contributed by atoms with Crippen molar-refractivity contribution in [2.45, 2.75) is 17.4 Å². The van der Waals surface area contributed by atoms with Crippen molar-refractivity contribution in [1.29, 1.82) is 0 Å². The van der Waals surface area contributed by atoms with Crippen molar-refractivity contribution < 1.29 is 27.9 Å². The summed E-state index contributed by atoms with van der Waals surface area (Å²) in [6.45, 7) is 0.630. The van der Waals surface area contributed by atoms with Gasteiger partial charge < -0.3 is 15.2 Å². The zero-order chi connectivity index (χ0) is 16.5. The van der Waals surface area contributed by atoms with Gasteiger partial charge in [0, 0.05) is 0 Å². The highest BCUT2D eigenvalue weighted by Crippen LogP contribution is 2.25. The molecule has 0 bridgehead atoms. The molecule has 1 aliphatic rings. The van der Waals surface area contributed by atoms with Gasteiger partial charge in [0.15, 0.2) is 0 Å². The van der Waals surface area contributed by atoms with Gasteiger partial charge in [0.2, 0.25) is 10.0 Å². The summed E-state index contributed by atoms with van der Waals surface area (Å²) in [6, 6.07) is 4.49. The second kappa shape index (κ2) is 5.39. The highest BCUT2D eigenvalue weighted by Gasteiger charge is 2.43. The SMILES string of the molecule is C[C@@]1(c2ccc(S(=O)(=O)NCC(=O)[O-])cc2)NC(=O)NC1=O. The number of urea groups is 1. The Morgan fingerprint density at radius 1 is 1.27 bits per heavy atom. The van der Waals surface area contributed by atoms with Crippen molar-refractivity contribution in [2.75, 3.05) is 6.54 Å². The smallest absolute Gasteiger partial charge is 0.322 e. The van der Waals surface area contributed by atoms with E-state index in [1.807, 2.05) is 4.72 Å². The maximum atomic E-state index is 11.8. The minimum absolute atomic E-state index is 0.175. The third-order valence-electron chi connectivity index (χ3n) is 3.19. The van der Waals surface area contributed by atoms with Crippen molar-refractivity contribution in [3.8, 4) is 0 Å². The van der Waals surface area contributed by atoms with Crippen LogP contribution in [0.5, 0.6) is 0 Å². The Bertz CT molecular complexity index is 743. The van der Waals surface area contributed by atoms with Crippen molar-refractivity contribution in [2.24, 2.45) is 0 Å². The largest absolute Gasteiger partial charge is 0.549 e. The fourth-order valence-corrected chi connectivity index (χ4v) is 2.92. The molecule has 9 nitrogen and oxygen atoms in total. The van der Waals surface area contributed by atoms with Crippen LogP contribution in [0, 0.1) is 0 Å². The molecule has 1 atom stereocenters. The molecular formula is C12H12N3O6S-. The fourth-order valence-electron chi connectivity index (χ4n) is 1.95. The van der Waals surface area contributed by atoms with Crippen LogP contribution in [0.4, 0.5) is 4.79 Å². The summed E-state index contributed by atoms with van der Waals surface area (Å²) in [7, 11) is -4.00. The number of nitrogens with one attached hydrogen (secondary N) is 3. The highest BCUT2D eigenvalue weighted by molar-refractivity contribution is 7.89. The van der Waals surface area contributed by atoms with Gasteiger partial charge in [0.1, 0.15) is 5.54 Å². The van der Waals surface area contributed by atoms with Gasteiger partial charge in [-0.3, -0.25) is 10.1 Å². The normalized spacial score (nSPS) is 21.3. The monoisotopic (exact) mass is 326 g/mol. The van der Waals surface area contributed by atoms with E-state index in [1.165, 1.54) is 31.2 Å². The van der Waals surface area contributed by atoms with E-state index in [0.717, 1.165) is 0 Å². The lowest BCUT2D eigenvalue weighted by Crippen LogP contribution is -2.40. The number of carboxylic acids is 1.